The second-order valence-corrected chi connectivity index (χ2v) is 3.55. The van der Waals surface area contributed by atoms with Crippen molar-refractivity contribution < 1.29 is 10.2 Å². The smallest absolute Gasteiger partial charge is 0.108 e. The number of hydrogen-bond donors (Lipinski definition) is 4. The summed E-state index contributed by atoms with van der Waals surface area (Å²) < 4.78 is 0. The summed E-state index contributed by atoms with van der Waals surface area (Å²) in [6.07, 6.45) is 0.160. The maximum Gasteiger partial charge on any atom is 0.108 e. The molecule has 5 heteroatoms. The zero-order valence-electron chi connectivity index (χ0n) is 7.77. The highest BCUT2D eigenvalue weighted by Crippen LogP contribution is 2.19. The summed E-state index contributed by atoms with van der Waals surface area (Å²) in [5.41, 5.74) is 5.36. The van der Waals surface area contributed by atoms with Crippen LogP contribution < -0.4 is 5.73 Å². The summed E-state index contributed by atoms with van der Waals surface area (Å²) in [5, 5.41) is 25.7. The van der Waals surface area contributed by atoms with Gasteiger partial charge in [0, 0.05) is 12.6 Å². The molecule has 13 heavy (non-hydrogen) atoms. The molecule has 1 aliphatic rings. The Morgan fingerprint density at radius 2 is 2.38 bits per heavy atom. The molecule has 5 nitrogen and oxygen atoms in total. The summed E-state index contributed by atoms with van der Waals surface area (Å²) >= 11 is 0. The fourth-order valence-corrected chi connectivity index (χ4v) is 1.75. The Morgan fingerprint density at radius 3 is 2.85 bits per heavy atom. The van der Waals surface area contributed by atoms with Gasteiger partial charge >= 0.3 is 0 Å². The first kappa shape index (κ1) is 10.4. The van der Waals surface area contributed by atoms with Crippen molar-refractivity contribution in [3.63, 3.8) is 0 Å². The fraction of sp³-hybridized carbons (Fsp3) is 0.875. The third kappa shape index (κ3) is 2.18. The molecule has 5 N–H and O–H groups in total. The maximum absolute atomic E-state index is 9.37. The van der Waals surface area contributed by atoms with E-state index in [4.69, 9.17) is 16.2 Å². The number of nitrogens with zero attached hydrogens (tertiary/aromatic N) is 1. The van der Waals surface area contributed by atoms with Gasteiger partial charge in [-0.15, -0.1) is 0 Å². The largest absolute Gasteiger partial charge is 0.395 e. The molecule has 1 saturated heterocycles. The van der Waals surface area contributed by atoms with Gasteiger partial charge in [-0.1, -0.05) is 0 Å². The standard InChI is InChI=1S/C8H17N3O2/c1-5(8(9)10)11-3-7(13)2-6(11)4-12/h5-7,12-13H,2-4H2,1H3,(H3,9,10). The van der Waals surface area contributed by atoms with E-state index in [1.54, 1.807) is 0 Å². The molecule has 0 aromatic carbocycles. The van der Waals surface area contributed by atoms with E-state index in [9.17, 15) is 5.11 Å². The Hall–Kier alpha value is -0.650. The predicted octanol–water partition coefficient (Wildman–Crippen LogP) is -1.26. The highest BCUT2D eigenvalue weighted by molar-refractivity contribution is 5.82. The summed E-state index contributed by atoms with van der Waals surface area (Å²) in [5.74, 6) is 0.0764. The molecule has 3 atom stereocenters. The molecular weight excluding hydrogens is 170 g/mol. The molecule has 0 aromatic rings. The van der Waals surface area contributed by atoms with Crippen molar-refractivity contribution in [3.8, 4) is 0 Å². The van der Waals surface area contributed by atoms with E-state index in [-0.39, 0.29) is 24.5 Å². The van der Waals surface area contributed by atoms with E-state index in [2.05, 4.69) is 0 Å². The fourth-order valence-electron chi connectivity index (χ4n) is 1.75. The molecule has 0 aliphatic carbocycles. The maximum atomic E-state index is 9.37. The van der Waals surface area contributed by atoms with Crippen molar-refractivity contribution in [3.05, 3.63) is 0 Å². The summed E-state index contributed by atoms with van der Waals surface area (Å²) in [7, 11) is 0. The van der Waals surface area contributed by atoms with Crippen LogP contribution in [0.25, 0.3) is 0 Å². The lowest BCUT2D eigenvalue weighted by Gasteiger charge is -2.28. The van der Waals surface area contributed by atoms with Gasteiger partial charge < -0.3 is 15.9 Å². The van der Waals surface area contributed by atoms with Gasteiger partial charge in [0.1, 0.15) is 5.84 Å². The Balaban J connectivity index is 2.62. The number of nitrogens with one attached hydrogen (secondary N) is 1. The number of likely N-dealkylation sites (tertiary alicyclic amines) is 1. The van der Waals surface area contributed by atoms with Gasteiger partial charge in [0.25, 0.3) is 0 Å². The average molecular weight is 187 g/mol. The minimum absolute atomic E-state index is 0.00861. The molecular formula is C8H17N3O2. The number of hydrogen-bond acceptors (Lipinski definition) is 4. The minimum Gasteiger partial charge on any atom is -0.395 e. The summed E-state index contributed by atoms with van der Waals surface area (Å²) in [6.45, 7) is 2.31. The molecule has 3 unspecified atom stereocenters. The van der Waals surface area contributed by atoms with E-state index in [1.807, 2.05) is 11.8 Å². The average Bonchev–Trinajstić information content (AvgIpc) is 2.45. The first-order valence-electron chi connectivity index (χ1n) is 4.44. The van der Waals surface area contributed by atoms with E-state index < -0.39 is 6.10 Å². The van der Waals surface area contributed by atoms with Crippen molar-refractivity contribution in [2.45, 2.75) is 31.5 Å². The van der Waals surface area contributed by atoms with Crippen molar-refractivity contribution in [1.29, 1.82) is 5.41 Å². The van der Waals surface area contributed by atoms with E-state index in [0.29, 0.717) is 13.0 Å². The van der Waals surface area contributed by atoms with Crippen molar-refractivity contribution in [2.75, 3.05) is 13.2 Å². The number of β-amino-alcohol motifs (C(OH)–C–C–N with tert-alkyl or cyclic N) is 1. The van der Waals surface area contributed by atoms with Gasteiger partial charge in [0.15, 0.2) is 0 Å². The predicted molar refractivity (Wildman–Crippen MR) is 49.6 cm³/mol. The molecule has 0 saturated carbocycles. The Bertz CT molecular complexity index is 198. The molecule has 76 valence electrons. The second kappa shape index (κ2) is 4.04. The molecule has 0 aromatic heterocycles. The van der Waals surface area contributed by atoms with Crippen LogP contribution in [0.15, 0.2) is 0 Å². The van der Waals surface area contributed by atoms with E-state index in [0.717, 1.165) is 0 Å². The normalized spacial score (nSPS) is 31.9. The molecule has 1 aliphatic heterocycles. The monoisotopic (exact) mass is 187 g/mol. The van der Waals surface area contributed by atoms with Gasteiger partial charge in [-0.25, -0.2) is 0 Å². The Kier molecular flexibility index (Phi) is 3.24. The zero-order chi connectivity index (χ0) is 10.0. The third-order valence-corrected chi connectivity index (χ3v) is 2.59. The van der Waals surface area contributed by atoms with Crippen LogP contribution in [0.2, 0.25) is 0 Å². The highest BCUT2D eigenvalue weighted by atomic mass is 16.3. The first-order chi connectivity index (χ1) is 6.06. The van der Waals surface area contributed by atoms with Crippen LogP contribution in [-0.2, 0) is 0 Å². The number of rotatable bonds is 3. The van der Waals surface area contributed by atoms with Gasteiger partial charge in [0.05, 0.1) is 18.8 Å². The molecule has 1 rings (SSSR count). The zero-order valence-corrected chi connectivity index (χ0v) is 7.77. The molecule has 0 spiro atoms. The van der Waals surface area contributed by atoms with E-state index >= 15 is 0 Å². The SMILES string of the molecule is CC(C(=N)N)N1CC(O)CC1CO. The molecule has 1 heterocycles. The van der Waals surface area contributed by atoms with Crippen molar-refractivity contribution in [2.24, 2.45) is 5.73 Å². The van der Waals surface area contributed by atoms with Crippen LogP contribution in [0, 0.1) is 5.41 Å². The molecule has 0 amide bonds. The Labute approximate surface area is 77.7 Å². The lowest BCUT2D eigenvalue weighted by atomic mass is 10.2. The van der Waals surface area contributed by atoms with Crippen LogP contribution >= 0.6 is 0 Å². The first-order valence-corrected chi connectivity index (χ1v) is 4.44. The topological polar surface area (TPSA) is 93.6 Å². The molecule has 0 radical (unpaired) electrons. The quantitative estimate of drug-likeness (QED) is 0.327. The number of aliphatic hydroxyl groups is 2. The summed E-state index contributed by atoms with van der Waals surface area (Å²) in [4.78, 5) is 1.87. The highest BCUT2D eigenvalue weighted by Gasteiger charge is 2.34. The minimum atomic E-state index is -0.404. The van der Waals surface area contributed by atoms with E-state index in [1.165, 1.54) is 0 Å². The van der Waals surface area contributed by atoms with Gasteiger partial charge in [-0.05, 0) is 13.3 Å². The molecule has 1 fully saturated rings. The van der Waals surface area contributed by atoms with Crippen LogP contribution in [0.1, 0.15) is 13.3 Å². The van der Waals surface area contributed by atoms with Crippen molar-refractivity contribution >= 4 is 5.84 Å². The van der Waals surface area contributed by atoms with Crippen LogP contribution in [0.5, 0.6) is 0 Å². The van der Waals surface area contributed by atoms with Gasteiger partial charge in [0.2, 0.25) is 0 Å². The lowest BCUT2D eigenvalue weighted by molar-refractivity contribution is 0.144. The number of nitrogens with two attached hydrogens (primary N) is 1. The third-order valence-electron chi connectivity index (χ3n) is 2.59. The van der Waals surface area contributed by atoms with Crippen LogP contribution in [0.3, 0.4) is 0 Å². The van der Waals surface area contributed by atoms with Crippen molar-refractivity contribution in [1.82, 2.24) is 4.90 Å². The lowest BCUT2D eigenvalue weighted by Crippen LogP contribution is -2.46. The van der Waals surface area contributed by atoms with Crippen LogP contribution in [0.4, 0.5) is 0 Å². The van der Waals surface area contributed by atoms with Gasteiger partial charge in [-0.2, -0.15) is 0 Å². The Morgan fingerprint density at radius 1 is 1.77 bits per heavy atom. The number of amidine groups is 1. The summed E-state index contributed by atoms with van der Waals surface area (Å²) in [6, 6.07) is -0.261. The second-order valence-electron chi connectivity index (χ2n) is 3.55. The van der Waals surface area contributed by atoms with Crippen LogP contribution in [-0.4, -0.2) is 52.3 Å². The van der Waals surface area contributed by atoms with Gasteiger partial charge in [-0.3, -0.25) is 10.3 Å². The number of aliphatic hydroxyl groups excluding tert-OH is 2. The molecule has 0 bridgehead atoms.